The molecule has 1 aromatic carbocycles. The van der Waals surface area contributed by atoms with Gasteiger partial charge in [-0.2, -0.15) is 0 Å². The molecular weight excluding hydrogens is 431 g/mol. The summed E-state index contributed by atoms with van der Waals surface area (Å²) < 4.78 is 17.6. The summed E-state index contributed by atoms with van der Waals surface area (Å²) in [6.45, 7) is 14.4. The Morgan fingerprint density at radius 1 is 1.19 bits per heavy atom. The van der Waals surface area contributed by atoms with E-state index in [1.165, 1.54) is 0 Å². The summed E-state index contributed by atoms with van der Waals surface area (Å²) in [5, 5.41) is 3.37. The number of hydrogen-bond donors (Lipinski definition) is 1. The number of rotatable bonds is 3. The van der Waals surface area contributed by atoms with Gasteiger partial charge in [0.25, 0.3) is 5.91 Å². The third-order valence-corrected chi connectivity index (χ3v) is 6.52. The number of alkyl carbamates (subject to hydrolysis) is 1. The van der Waals surface area contributed by atoms with Gasteiger partial charge in [0, 0.05) is 35.2 Å². The number of nitrogens with one attached hydrogen (secondary N) is 1. The highest BCUT2D eigenvalue weighted by Crippen LogP contribution is 2.37. The lowest BCUT2D eigenvalue weighted by Gasteiger charge is -2.33. The van der Waals surface area contributed by atoms with Crippen LogP contribution in [0.1, 0.15) is 71.7 Å². The number of ether oxygens (including phenoxy) is 1. The zero-order valence-corrected chi connectivity index (χ0v) is 20.8. The standard InChI is InChI=1S/C23H34BClN2O5/c1-21(2,3)30-20(29)26-16-9-8-12-27(14-16)19(28)15-10-11-18(25)17(13-15)24-31-22(4,5)23(6,7)32-24/h10-11,13,16H,8-9,12,14H2,1-7H3,(H,26,29)/t16-/m1/s1. The molecule has 9 heteroatoms. The molecule has 0 saturated carbocycles. The minimum absolute atomic E-state index is 0.116. The lowest BCUT2D eigenvalue weighted by molar-refractivity contribution is 0.00578. The summed E-state index contributed by atoms with van der Waals surface area (Å²) >= 11 is 6.44. The van der Waals surface area contributed by atoms with Gasteiger partial charge in [-0.3, -0.25) is 4.79 Å². The zero-order chi connectivity index (χ0) is 23.9. The lowest BCUT2D eigenvalue weighted by Crippen LogP contribution is -2.50. The Balaban J connectivity index is 1.71. The van der Waals surface area contributed by atoms with Crippen molar-refractivity contribution in [3.8, 4) is 0 Å². The van der Waals surface area contributed by atoms with Crippen molar-refractivity contribution in [3.63, 3.8) is 0 Å². The maximum atomic E-state index is 13.3. The van der Waals surface area contributed by atoms with Crippen LogP contribution in [-0.2, 0) is 14.0 Å². The van der Waals surface area contributed by atoms with Crippen LogP contribution in [0.4, 0.5) is 4.79 Å². The van der Waals surface area contributed by atoms with Gasteiger partial charge in [0.05, 0.1) is 11.2 Å². The van der Waals surface area contributed by atoms with Crippen LogP contribution in [-0.4, -0.2) is 60.0 Å². The van der Waals surface area contributed by atoms with E-state index in [2.05, 4.69) is 5.32 Å². The van der Waals surface area contributed by atoms with Crippen molar-refractivity contribution in [1.29, 1.82) is 0 Å². The molecule has 0 unspecified atom stereocenters. The van der Waals surface area contributed by atoms with Crippen LogP contribution < -0.4 is 10.8 Å². The van der Waals surface area contributed by atoms with E-state index in [9.17, 15) is 9.59 Å². The molecule has 1 aromatic rings. The number of carbonyl (C=O) groups is 2. The van der Waals surface area contributed by atoms with Gasteiger partial charge < -0.3 is 24.3 Å². The summed E-state index contributed by atoms with van der Waals surface area (Å²) in [7, 11) is -0.650. The molecule has 176 valence electrons. The Kier molecular flexibility index (Phi) is 6.90. The number of carbonyl (C=O) groups excluding carboxylic acids is 2. The van der Waals surface area contributed by atoms with Crippen molar-refractivity contribution in [2.24, 2.45) is 0 Å². The number of benzene rings is 1. The Bertz CT molecular complexity index is 868. The molecule has 1 N–H and O–H groups in total. The van der Waals surface area contributed by atoms with Crippen molar-refractivity contribution in [3.05, 3.63) is 28.8 Å². The van der Waals surface area contributed by atoms with Crippen LogP contribution in [0.15, 0.2) is 18.2 Å². The largest absolute Gasteiger partial charge is 0.496 e. The van der Waals surface area contributed by atoms with E-state index in [0.29, 0.717) is 29.1 Å². The van der Waals surface area contributed by atoms with E-state index in [-0.39, 0.29) is 11.9 Å². The number of nitrogens with zero attached hydrogens (tertiary/aromatic N) is 1. The molecule has 2 aliphatic heterocycles. The third kappa shape index (κ3) is 5.59. The molecule has 32 heavy (non-hydrogen) atoms. The van der Waals surface area contributed by atoms with E-state index in [1.807, 2.05) is 48.5 Å². The summed E-state index contributed by atoms with van der Waals surface area (Å²) in [6, 6.07) is 5.01. The normalized spacial score (nSPS) is 22.6. The van der Waals surface area contributed by atoms with Gasteiger partial charge in [-0.1, -0.05) is 11.6 Å². The van der Waals surface area contributed by atoms with Crippen LogP contribution in [0.5, 0.6) is 0 Å². The SMILES string of the molecule is CC(C)(C)OC(=O)N[C@@H]1CCCN(C(=O)c2ccc(Cl)c(B3OC(C)(C)C(C)(C)O3)c2)C1. The average molecular weight is 465 g/mol. The molecular formula is C23H34BClN2O5. The summed E-state index contributed by atoms with van der Waals surface area (Å²) in [6.07, 6.45) is 1.12. The monoisotopic (exact) mass is 464 g/mol. The highest BCUT2D eigenvalue weighted by Gasteiger charge is 2.52. The maximum absolute atomic E-state index is 13.3. The van der Waals surface area contributed by atoms with Crippen LogP contribution >= 0.6 is 11.6 Å². The number of likely N-dealkylation sites (tertiary alicyclic amines) is 1. The van der Waals surface area contributed by atoms with E-state index in [4.69, 9.17) is 25.6 Å². The van der Waals surface area contributed by atoms with Crippen molar-refractivity contribution < 1.29 is 23.6 Å². The Hall–Kier alpha value is -1.77. The Labute approximate surface area is 196 Å². The van der Waals surface area contributed by atoms with Crippen LogP contribution in [0.2, 0.25) is 5.02 Å². The number of amides is 2. The highest BCUT2D eigenvalue weighted by molar-refractivity contribution is 6.65. The molecule has 0 spiro atoms. The molecule has 2 aliphatic rings. The zero-order valence-electron chi connectivity index (χ0n) is 20.1. The molecule has 2 fully saturated rings. The quantitative estimate of drug-likeness (QED) is 0.689. The molecule has 0 radical (unpaired) electrons. The highest BCUT2D eigenvalue weighted by atomic mass is 35.5. The molecule has 7 nitrogen and oxygen atoms in total. The first-order valence-corrected chi connectivity index (χ1v) is 11.5. The van der Waals surface area contributed by atoms with E-state index < -0.39 is 30.0 Å². The second-order valence-corrected chi connectivity index (χ2v) is 11.0. The van der Waals surface area contributed by atoms with Gasteiger partial charge in [0.15, 0.2) is 0 Å². The number of piperidine rings is 1. The minimum Gasteiger partial charge on any atom is -0.444 e. The smallest absolute Gasteiger partial charge is 0.444 e. The van der Waals surface area contributed by atoms with E-state index in [0.717, 1.165) is 12.8 Å². The average Bonchev–Trinajstić information content (AvgIpc) is 2.87. The molecule has 2 saturated heterocycles. The fraction of sp³-hybridized carbons (Fsp3) is 0.652. The van der Waals surface area contributed by atoms with Gasteiger partial charge in [-0.25, -0.2) is 4.79 Å². The van der Waals surface area contributed by atoms with Gasteiger partial charge in [0.2, 0.25) is 0 Å². The molecule has 2 heterocycles. The van der Waals surface area contributed by atoms with Crippen LogP contribution in [0.25, 0.3) is 0 Å². The number of hydrogen-bond acceptors (Lipinski definition) is 5. The fourth-order valence-electron chi connectivity index (χ4n) is 3.76. The van der Waals surface area contributed by atoms with Gasteiger partial charge in [-0.15, -0.1) is 0 Å². The van der Waals surface area contributed by atoms with Crippen molar-refractivity contribution in [2.45, 2.75) is 84.2 Å². The van der Waals surface area contributed by atoms with Gasteiger partial charge >= 0.3 is 13.2 Å². The molecule has 2 amide bonds. The van der Waals surface area contributed by atoms with Crippen LogP contribution in [0, 0.1) is 0 Å². The Morgan fingerprint density at radius 2 is 1.81 bits per heavy atom. The topological polar surface area (TPSA) is 77.1 Å². The van der Waals surface area contributed by atoms with Crippen LogP contribution in [0.3, 0.4) is 0 Å². The predicted molar refractivity (Wildman–Crippen MR) is 125 cm³/mol. The first-order chi connectivity index (χ1) is 14.7. The molecule has 0 aromatic heterocycles. The predicted octanol–water partition coefficient (Wildman–Crippen LogP) is 3.77. The minimum atomic E-state index is -0.650. The molecule has 0 bridgehead atoms. The Morgan fingerprint density at radius 3 is 2.41 bits per heavy atom. The van der Waals surface area contributed by atoms with Gasteiger partial charge in [-0.05, 0) is 79.5 Å². The van der Waals surface area contributed by atoms with E-state index >= 15 is 0 Å². The summed E-state index contributed by atoms with van der Waals surface area (Å²) in [5.41, 5.74) is -0.432. The summed E-state index contributed by atoms with van der Waals surface area (Å²) in [4.78, 5) is 27.1. The van der Waals surface area contributed by atoms with Crippen molar-refractivity contribution in [2.75, 3.05) is 13.1 Å². The second kappa shape index (κ2) is 8.88. The first-order valence-electron chi connectivity index (χ1n) is 11.1. The fourth-order valence-corrected chi connectivity index (χ4v) is 3.97. The van der Waals surface area contributed by atoms with Crippen molar-refractivity contribution in [1.82, 2.24) is 10.2 Å². The lowest BCUT2D eigenvalue weighted by atomic mass is 9.78. The molecule has 0 aliphatic carbocycles. The third-order valence-electron chi connectivity index (χ3n) is 6.18. The molecule has 3 rings (SSSR count). The molecule has 1 atom stereocenters. The van der Waals surface area contributed by atoms with Gasteiger partial charge in [0.1, 0.15) is 5.60 Å². The van der Waals surface area contributed by atoms with Crippen molar-refractivity contribution >= 4 is 36.2 Å². The number of halogens is 1. The maximum Gasteiger partial charge on any atom is 0.496 e. The first kappa shape index (κ1) is 24.9. The van der Waals surface area contributed by atoms with E-state index in [1.54, 1.807) is 23.1 Å². The summed E-state index contributed by atoms with van der Waals surface area (Å²) in [5.74, 6) is -0.116. The second-order valence-electron chi connectivity index (χ2n) is 10.6.